The molecule has 14 heteroatoms. The van der Waals surface area contributed by atoms with Gasteiger partial charge in [-0.1, -0.05) is 17.3 Å². The van der Waals surface area contributed by atoms with Crippen LogP contribution in [0.3, 0.4) is 0 Å². The Bertz CT molecular complexity index is 1560. The summed E-state index contributed by atoms with van der Waals surface area (Å²) in [6.45, 7) is 6.26. The minimum atomic E-state index is -0.940. The van der Waals surface area contributed by atoms with Crippen molar-refractivity contribution in [2.45, 2.75) is 46.6 Å². The van der Waals surface area contributed by atoms with Crippen LogP contribution in [0.4, 0.5) is 10.6 Å². The number of rotatable bonds is 7. The van der Waals surface area contributed by atoms with Crippen molar-refractivity contribution < 1.29 is 24.2 Å². The smallest absolute Gasteiger partial charge is 0.407 e. The van der Waals surface area contributed by atoms with Gasteiger partial charge in [-0.3, -0.25) is 4.79 Å². The predicted octanol–water partition coefficient (Wildman–Crippen LogP) is 4.09. The largest absolute Gasteiger partial charge is 0.487 e. The molecule has 3 aromatic heterocycles. The molecule has 0 saturated carbocycles. The van der Waals surface area contributed by atoms with Crippen molar-refractivity contribution in [1.82, 2.24) is 34.4 Å². The summed E-state index contributed by atoms with van der Waals surface area (Å²) in [6, 6.07) is 7.38. The summed E-state index contributed by atoms with van der Waals surface area (Å²) in [5.41, 5.74) is 8.65. The number of nitrogen functional groups attached to an aromatic ring is 1. The van der Waals surface area contributed by atoms with E-state index in [9.17, 15) is 14.7 Å². The van der Waals surface area contributed by atoms with E-state index in [1.54, 1.807) is 27.0 Å². The van der Waals surface area contributed by atoms with Crippen LogP contribution in [0.25, 0.3) is 22.2 Å². The first kappa shape index (κ1) is 27.4. The van der Waals surface area contributed by atoms with E-state index in [-0.39, 0.29) is 25.3 Å². The molecule has 0 aliphatic carbocycles. The first-order valence-electron chi connectivity index (χ1n) is 12.6. The molecule has 4 aromatic rings. The van der Waals surface area contributed by atoms with Crippen LogP contribution in [0.2, 0.25) is 0 Å². The first-order chi connectivity index (χ1) is 19.0. The molecule has 1 saturated heterocycles. The summed E-state index contributed by atoms with van der Waals surface area (Å²) in [4.78, 5) is 33.7. The van der Waals surface area contributed by atoms with Crippen LogP contribution in [0.1, 0.15) is 38.9 Å². The van der Waals surface area contributed by atoms with Crippen molar-refractivity contribution in [3.05, 3.63) is 47.1 Å². The molecule has 1 aliphatic heterocycles. The zero-order valence-electron chi connectivity index (χ0n) is 22.2. The molecule has 13 nitrogen and oxygen atoms in total. The molecular formula is C26H29BrN8O5. The molecule has 5 rings (SSSR count). The fraction of sp³-hybridized carbons (Fsp3) is 0.385. The number of carbonyl (C=O) groups is 2. The molecule has 3 N–H and O–H groups in total. The minimum Gasteiger partial charge on any atom is -0.487 e. The molecule has 1 amide bonds. The number of hydrogen-bond acceptors (Lipinski definition) is 9. The Kier molecular flexibility index (Phi) is 7.36. The van der Waals surface area contributed by atoms with Gasteiger partial charge in [0.15, 0.2) is 6.73 Å². The van der Waals surface area contributed by atoms with Gasteiger partial charge in [0.25, 0.3) is 0 Å². The van der Waals surface area contributed by atoms with Crippen LogP contribution in [0.5, 0.6) is 5.75 Å². The van der Waals surface area contributed by atoms with Crippen LogP contribution >= 0.6 is 15.9 Å². The zero-order chi connectivity index (χ0) is 28.6. The van der Waals surface area contributed by atoms with E-state index in [0.29, 0.717) is 47.8 Å². The molecule has 1 unspecified atom stereocenters. The zero-order valence-corrected chi connectivity index (χ0v) is 23.8. The molecule has 210 valence electrons. The van der Waals surface area contributed by atoms with Crippen molar-refractivity contribution in [3.63, 3.8) is 0 Å². The second kappa shape index (κ2) is 10.8. The van der Waals surface area contributed by atoms with Crippen LogP contribution in [-0.4, -0.2) is 64.7 Å². The molecule has 1 fully saturated rings. The van der Waals surface area contributed by atoms with E-state index in [4.69, 9.17) is 15.2 Å². The highest BCUT2D eigenvalue weighted by Crippen LogP contribution is 2.43. The van der Waals surface area contributed by atoms with E-state index < -0.39 is 11.5 Å². The summed E-state index contributed by atoms with van der Waals surface area (Å²) in [6.07, 6.45) is 2.69. The van der Waals surface area contributed by atoms with Crippen LogP contribution in [-0.2, 0) is 22.9 Å². The molecule has 0 spiro atoms. The highest BCUT2D eigenvalue weighted by atomic mass is 79.9. The molecular weight excluding hydrogens is 584 g/mol. The summed E-state index contributed by atoms with van der Waals surface area (Å²) in [7, 11) is 0. The second-order valence-corrected chi connectivity index (χ2v) is 11.3. The lowest BCUT2D eigenvalue weighted by molar-refractivity contribution is -0.157. The third-order valence-corrected chi connectivity index (χ3v) is 7.49. The van der Waals surface area contributed by atoms with Gasteiger partial charge >= 0.3 is 12.1 Å². The van der Waals surface area contributed by atoms with Gasteiger partial charge in [-0.25, -0.2) is 19.4 Å². The number of ether oxygens (including phenoxy) is 2. The Labute approximate surface area is 238 Å². The number of anilines is 1. The first-order valence-corrected chi connectivity index (χ1v) is 13.4. The quantitative estimate of drug-likeness (QED) is 0.290. The number of fused-ring (bicyclic) bond motifs is 1. The van der Waals surface area contributed by atoms with Gasteiger partial charge in [0.2, 0.25) is 0 Å². The maximum atomic E-state index is 12.1. The summed E-state index contributed by atoms with van der Waals surface area (Å²) in [5.74, 6) is 0.608. The van der Waals surface area contributed by atoms with E-state index in [1.807, 2.05) is 28.8 Å². The number of halogens is 1. The number of carbonyl (C=O) groups excluding carboxylic acids is 1. The maximum absolute atomic E-state index is 12.1. The SMILES string of the molecule is CC(C)(C)C(=O)OCn1nncc1COc1ccc(-c2c(Br)n(C3CCN(C(=O)O)C3)c3ncnc(N)c23)cc1. The number of amides is 1. The van der Waals surface area contributed by atoms with Gasteiger partial charge in [0, 0.05) is 18.7 Å². The molecule has 40 heavy (non-hydrogen) atoms. The summed E-state index contributed by atoms with van der Waals surface area (Å²) in [5, 5.41) is 18.0. The molecule has 1 aliphatic rings. The number of likely N-dealkylation sites (tertiary alicyclic amines) is 1. The number of benzene rings is 1. The van der Waals surface area contributed by atoms with E-state index in [0.717, 1.165) is 15.7 Å². The number of aromatic nitrogens is 6. The lowest BCUT2D eigenvalue weighted by Gasteiger charge is -2.17. The van der Waals surface area contributed by atoms with Crippen molar-refractivity contribution >= 4 is 44.8 Å². The van der Waals surface area contributed by atoms with Crippen molar-refractivity contribution in [3.8, 4) is 16.9 Å². The van der Waals surface area contributed by atoms with Crippen LogP contribution in [0, 0.1) is 5.41 Å². The molecule has 4 heterocycles. The number of esters is 1. The lowest BCUT2D eigenvalue weighted by atomic mass is 9.98. The average Bonchev–Trinajstić information content (AvgIpc) is 3.63. The highest BCUT2D eigenvalue weighted by Gasteiger charge is 2.32. The van der Waals surface area contributed by atoms with Crippen LogP contribution in [0.15, 0.2) is 41.4 Å². The van der Waals surface area contributed by atoms with Crippen molar-refractivity contribution in [2.75, 3.05) is 18.8 Å². The Morgan fingerprint density at radius 3 is 2.62 bits per heavy atom. The molecule has 1 aromatic carbocycles. The summed E-state index contributed by atoms with van der Waals surface area (Å²) < 4.78 is 15.5. The fourth-order valence-corrected chi connectivity index (χ4v) is 5.45. The van der Waals surface area contributed by atoms with Gasteiger partial charge in [-0.2, -0.15) is 0 Å². The monoisotopic (exact) mass is 612 g/mol. The Hall–Kier alpha value is -4.20. The Morgan fingerprint density at radius 1 is 1.20 bits per heavy atom. The van der Waals surface area contributed by atoms with Gasteiger partial charge in [-0.15, -0.1) is 5.10 Å². The molecule has 1 atom stereocenters. The molecule has 0 bridgehead atoms. The summed E-state index contributed by atoms with van der Waals surface area (Å²) >= 11 is 3.74. The minimum absolute atomic E-state index is 0.0550. The van der Waals surface area contributed by atoms with Gasteiger partial charge < -0.3 is 29.8 Å². The lowest BCUT2D eigenvalue weighted by Crippen LogP contribution is -2.27. The normalized spacial score (nSPS) is 15.5. The van der Waals surface area contributed by atoms with Gasteiger partial charge in [-0.05, 0) is 60.8 Å². The third-order valence-electron chi connectivity index (χ3n) is 6.71. The Morgan fingerprint density at radius 2 is 1.95 bits per heavy atom. The maximum Gasteiger partial charge on any atom is 0.407 e. The van der Waals surface area contributed by atoms with Gasteiger partial charge in [0.1, 0.15) is 30.1 Å². The number of carboxylic acid groups (broad SMARTS) is 1. The number of hydrogen-bond donors (Lipinski definition) is 2. The number of nitrogens with two attached hydrogens (primary N) is 1. The Balaban J connectivity index is 1.35. The van der Waals surface area contributed by atoms with Crippen molar-refractivity contribution in [2.24, 2.45) is 5.41 Å². The molecule has 0 radical (unpaired) electrons. The van der Waals surface area contributed by atoms with Crippen molar-refractivity contribution in [1.29, 1.82) is 0 Å². The second-order valence-electron chi connectivity index (χ2n) is 10.5. The topological polar surface area (TPSA) is 164 Å². The third kappa shape index (κ3) is 5.30. The van der Waals surface area contributed by atoms with Crippen LogP contribution < -0.4 is 10.5 Å². The van der Waals surface area contributed by atoms with Gasteiger partial charge in [0.05, 0.1) is 33.3 Å². The van der Waals surface area contributed by atoms with E-state index in [2.05, 4.69) is 36.2 Å². The predicted molar refractivity (Wildman–Crippen MR) is 148 cm³/mol. The number of nitrogens with zero attached hydrogens (tertiary/aromatic N) is 7. The fourth-order valence-electron chi connectivity index (χ4n) is 4.56. The average molecular weight is 613 g/mol. The standard InChI is InChI=1S/C26H29BrN8O5/c1-26(2,3)24(36)40-14-34-17(10-31-32-34)12-39-18-6-4-15(5-7-18)19-20-22(28)29-13-30-23(20)35(21(19)27)16-8-9-33(11-16)25(37)38/h4-7,10,13,16H,8-9,11-12,14H2,1-3H3,(H,37,38)(H2,28,29,30). The van der Waals surface area contributed by atoms with E-state index >= 15 is 0 Å². The highest BCUT2D eigenvalue weighted by molar-refractivity contribution is 9.10. The van der Waals surface area contributed by atoms with E-state index in [1.165, 1.54) is 15.9 Å².